The number of rotatable bonds is 8. The van der Waals surface area contributed by atoms with Crippen molar-refractivity contribution in [2.75, 3.05) is 13.6 Å². The first-order valence-electron chi connectivity index (χ1n) is 5.40. The molecule has 0 rings (SSSR count). The minimum absolute atomic E-state index is 0.434. The van der Waals surface area contributed by atoms with Crippen LogP contribution < -0.4 is 5.32 Å². The van der Waals surface area contributed by atoms with E-state index in [1.807, 2.05) is 7.05 Å². The predicted molar refractivity (Wildman–Crippen MR) is 56.9 cm³/mol. The van der Waals surface area contributed by atoms with Crippen molar-refractivity contribution < 1.29 is 4.79 Å². The van der Waals surface area contributed by atoms with E-state index in [9.17, 15) is 4.79 Å². The molecule has 0 heterocycles. The lowest BCUT2D eigenvalue weighted by molar-refractivity contribution is -0.120. The number of carbonyl (C=O) groups excluding carboxylic acids is 1. The molecule has 0 aliphatic heterocycles. The molecule has 0 bridgehead atoms. The van der Waals surface area contributed by atoms with Crippen molar-refractivity contribution in [1.82, 2.24) is 5.32 Å². The van der Waals surface area contributed by atoms with Gasteiger partial charge in [-0.15, -0.1) is 0 Å². The van der Waals surface area contributed by atoms with Gasteiger partial charge in [0, 0.05) is 12.8 Å². The van der Waals surface area contributed by atoms with Gasteiger partial charge in [-0.25, -0.2) is 0 Å². The molecule has 78 valence electrons. The van der Waals surface area contributed by atoms with Crippen LogP contribution in [-0.4, -0.2) is 19.4 Å². The van der Waals surface area contributed by atoms with Gasteiger partial charge in [-0.05, 0) is 25.9 Å². The summed E-state index contributed by atoms with van der Waals surface area (Å²) in [7, 11) is 1.92. The van der Waals surface area contributed by atoms with Gasteiger partial charge in [0.05, 0.1) is 0 Å². The first kappa shape index (κ1) is 12.6. The number of hydrogen-bond donors (Lipinski definition) is 1. The smallest absolute Gasteiger partial charge is 0.133 e. The van der Waals surface area contributed by atoms with Gasteiger partial charge in [-0.3, -0.25) is 4.79 Å². The Balaban J connectivity index is 3.48. The van der Waals surface area contributed by atoms with E-state index in [0.717, 1.165) is 38.6 Å². The van der Waals surface area contributed by atoms with E-state index in [-0.39, 0.29) is 0 Å². The highest BCUT2D eigenvalue weighted by atomic mass is 16.1. The third kappa shape index (κ3) is 6.76. The molecule has 2 nitrogen and oxygen atoms in total. The highest BCUT2D eigenvalue weighted by molar-refractivity contribution is 5.78. The molecule has 1 N–H and O–H groups in total. The molecular formula is C11H23NO. The maximum absolute atomic E-state index is 11.4. The summed E-state index contributed by atoms with van der Waals surface area (Å²) in [5.74, 6) is 1.05. The summed E-state index contributed by atoms with van der Waals surface area (Å²) in [6.07, 6.45) is 4.78. The maximum atomic E-state index is 11.4. The summed E-state index contributed by atoms with van der Waals surface area (Å²) in [5, 5.41) is 3.05. The van der Waals surface area contributed by atoms with Crippen LogP contribution in [0.5, 0.6) is 0 Å². The number of ketones is 1. The van der Waals surface area contributed by atoms with Gasteiger partial charge >= 0.3 is 0 Å². The highest BCUT2D eigenvalue weighted by Crippen LogP contribution is 2.14. The first-order valence-corrected chi connectivity index (χ1v) is 5.40. The molecule has 0 fully saturated rings. The van der Waals surface area contributed by atoms with Crippen LogP contribution in [0.25, 0.3) is 0 Å². The summed E-state index contributed by atoms with van der Waals surface area (Å²) >= 11 is 0. The third-order valence-corrected chi connectivity index (χ3v) is 2.55. The SMILES string of the molecule is CCC(CC)CC(=O)CCCNC. The van der Waals surface area contributed by atoms with E-state index in [0.29, 0.717) is 11.7 Å². The number of Topliss-reactive ketones (excluding diaryl/α,β-unsaturated/α-hetero) is 1. The predicted octanol–water partition coefficient (Wildman–Crippen LogP) is 2.38. The molecule has 0 aliphatic carbocycles. The van der Waals surface area contributed by atoms with Crippen molar-refractivity contribution in [2.45, 2.75) is 46.0 Å². The quantitative estimate of drug-likeness (QED) is 0.588. The summed E-state index contributed by atoms with van der Waals surface area (Å²) in [6.45, 7) is 5.28. The largest absolute Gasteiger partial charge is 0.320 e. The van der Waals surface area contributed by atoms with E-state index in [1.165, 1.54) is 0 Å². The molecule has 0 aromatic carbocycles. The molecule has 0 saturated carbocycles. The normalized spacial score (nSPS) is 10.8. The van der Waals surface area contributed by atoms with Crippen molar-refractivity contribution in [3.63, 3.8) is 0 Å². The molecule has 0 amide bonds. The Kier molecular flexibility index (Phi) is 8.00. The highest BCUT2D eigenvalue weighted by Gasteiger charge is 2.09. The summed E-state index contributed by atoms with van der Waals surface area (Å²) in [6, 6.07) is 0. The molecule has 2 heteroatoms. The Hall–Kier alpha value is -0.370. The summed E-state index contributed by atoms with van der Waals surface area (Å²) in [4.78, 5) is 11.4. The minimum Gasteiger partial charge on any atom is -0.320 e. The standard InChI is InChI=1S/C11H23NO/c1-4-10(5-2)9-11(13)7-6-8-12-3/h10,12H,4-9H2,1-3H3. The summed E-state index contributed by atoms with van der Waals surface area (Å²) in [5.41, 5.74) is 0. The van der Waals surface area contributed by atoms with Gasteiger partial charge < -0.3 is 5.32 Å². The number of carbonyl (C=O) groups is 1. The van der Waals surface area contributed by atoms with Gasteiger partial charge in [0.2, 0.25) is 0 Å². The van der Waals surface area contributed by atoms with Crippen molar-refractivity contribution in [3.05, 3.63) is 0 Å². The molecule has 0 unspecified atom stereocenters. The topological polar surface area (TPSA) is 29.1 Å². The Bertz CT molecular complexity index is 130. The van der Waals surface area contributed by atoms with E-state index in [4.69, 9.17) is 0 Å². The van der Waals surface area contributed by atoms with Gasteiger partial charge in [-0.2, -0.15) is 0 Å². The van der Waals surface area contributed by atoms with Crippen molar-refractivity contribution in [2.24, 2.45) is 5.92 Å². The van der Waals surface area contributed by atoms with Crippen LogP contribution in [0, 0.1) is 5.92 Å². The summed E-state index contributed by atoms with van der Waals surface area (Å²) < 4.78 is 0. The first-order chi connectivity index (χ1) is 6.24. The number of nitrogens with one attached hydrogen (secondary N) is 1. The van der Waals surface area contributed by atoms with Crippen LogP contribution in [0.1, 0.15) is 46.0 Å². The molecule has 0 spiro atoms. The molecule has 0 aromatic rings. The Morgan fingerprint density at radius 2 is 1.92 bits per heavy atom. The van der Waals surface area contributed by atoms with Crippen molar-refractivity contribution >= 4 is 5.78 Å². The third-order valence-electron chi connectivity index (χ3n) is 2.55. The second-order valence-electron chi connectivity index (χ2n) is 3.63. The fourth-order valence-electron chi connectivity index (χ4n) is 1.46. The van der Waals surface area contributed by atoms with Crippen LogP contribution in [0.4, 0.5) is 0 Å². The molecule has 0 atom stereocenters. The van der Waals surface area contributed by atoms with Gasteiger partial charge in [0.25, 0.3) is 0 Å². The number of hydrogen-bond acceptors (Lipinski definition) is 2. The lowest BCUT2D eigenvalue weighted by Gasteiger charge is -2.10. The van der Waals surface area contributed by atoms with Crippen molar-refractivity contribution in [3.8, 4) is 0 Å². The van der Waals surface area contributed by atoms with E-state index < -0.39 is 0 Å². The molecule has 0 radical (unpaired) electrons. The van der Waals surface area contributed by atoms with E-state index in [2.05, 4.69) is 19.2 Å². The molecular weight excluding hydrogens is 162 g/mol. The van der Waals surface area contributed by atoms with Crippen LogP contribution in [-0.2, 0) is 4.79 Å². The van der Waals surface area contributed by atoms with E-state index in [1.54, 1.807) is 0 Å². The Labute approximate surface area is 82.1 Å². The van der Waals surface area contributed by atoms with Crippen LogP contribution in [0.2, 0.25) is 0 Å². The van der Waals surface area contributed by atoms with Crippen LogP contribution in [0.3, 0.4) is 0 Å². The van der Waals surface area contributed by atoms with Gasteiger partial charge in [0.15, 0.2) is 0 Å². The van der Waals surface area contributed by atoms with Gasteiger partial charge in [-0.1, -0.05) is 26.7 Å². The molecule has 0 saturated heterocycles. The Morgan fingerprint density at radius 1 is 1.31 bits per heavy atom. The second kappa shape index (κ2) is 8.24. The van der Waals surface area contributed by atoms with Crippen LogP contribution >= 0.6 is 0 Å². The fourth-order valence-corrected chi connectivity index (χ4v) is 1.46. The zero-order valence-corrected chi connectivity index (χ0v) is 9.23. The molecule has 13 heavy (non-hydrogen) atoms. The van der Waals surface area contributed by atoms with E-state index >= 15 is 0 Å². The lowest BCUT2D eigenvalue weighted by Crippen LogP contribution is -2.12. The second-order valence-corrected chi connectivity index (χ2v) is 3.63. The van der Waals surface area contributed by atoms with Crippen molar-refractivity contribution in [1.29, 1.82) is 0 Å². The van der Waals surface area contributed by atoms with Crippen LogP contribution in [0.15, 0.2) is 0 Å². The average molecular weight is 185 g/mol. The maximum Gasteiger partial charge on any atom is 0.133 e. The zero-order valence-electron chi connectivity index (χ0n) is 9.23. The fraction of sp³-hybridized carbons (Fsp3) is 0.909. The van der Waals surface area contributed by atoms with Gasteiger partial charge in [0.1, 0.15) is 5.78 Å². The Morgan fingerprint density at radius 3 is 2.38 bits per heavy atom. The zero-order chi connectivity index (χ0) is 10.1. The average Bonchev–Trinajstić information content (AvgIpc) is 2.14. The lowest BCUT2D eigenvalue weighted by atomic mass is 9.95. The minimum atomic E-state index is 0.434. The molecule has 0 aliphatic rings. The molecule has 0 aromatic heterocycles. The monoisotopic (exact) mass is 185 g/mol.